The van der Waals surface area contributed by atoms with Gasteiger partial charge >= 0.3 is 0 Å². The van der Waals surface area contributed by atoms with E-state index in [4.69, 9.17) is 0 Å². The van der Waals surface area contributed by atoms with E-state index in [9.17, 15) is 5.11 Å². The molecule has 0 bridgehead atoms. The summed E-state index contributed by atoms with van der Waals surface area (Å²) >= 11 is 0. The Morgan fingerprint density at radius 2 is 2.09 bits per heavy atom. The van der Waals surface area contributed by atoms with Gasteiger partial charge in [0.2, 0.25) is 0 Å². The molecule has 2 rings (SSSR count). The van der Waals surface area contributed by atoms with E-state index in [1.165, 1.54) is 37.7 Å². The van der Waals surface area contributed by atoms with Gasteiger partial charge in [-0.15, -0.1) is 0 Å². The van der Waals surface area contributed by atoms with Gasteiger partial charge in [0.15, 0.2) is 0 Å². The molecule has 0 spiro atoms. The fourth-order valence-corrected chi connectivity index (χ4v) is 2.38. The largest absolute Gasteiger partial charge is 0.389 e. The Balaban J connectivity index is 2.15. The summed E-state index contributed by atoms with van der Waals surface area (Å²) in [6.45, 7) is 0. The fraction of sp³-hybridized carbons (Fsp3) is 0.800. The second-order valence-corrected chi connectivity index (χ2v) is 3.78. The number of hydrogen-bond donors (Lipinski definition) is 1. The lowest BCUT2D eigenvalue weighted by Crippen LogP contribution is -2.05. The van der Waals surface area contributed by atoms with E-state index >= 15 is 0 Å². The van der Waals surface area contributed by atoms with Crippen LogP contribution in [0.1, 0.15) is 38.5 Å². The van der Waals surface area contributed by atoms with Crippen molar-refractivity contribution in [3.05, 3.63) is 11.6 Å². The van der Waals surface area contributed by atoms with Crippen molar-refractivity contribution >= 4 is 0 Å². The Morgan fingerprint density at radius 1 is 1.18 bits per heavy atom. The van der Waals surface area contributed by atoms with Gasteiger partial charge in [-0.05, 0) is 43.6 Å². The second-order valence-electron chi connectivity index (χ2n) is 3.78. The van der Waals surface area contributed by atoms with Crippen molar-refractivity contribution in [3.8, 4) is 0 Å². The maximum Gasteiger partial charge on any atom is 0.0753 e. The molecule has 1 nitrogen and oxygen atoms in total. The summed E-state index contributed by atoms with van der Waals surface area (Å²) in [6, 6.07) is 0. The van der Waals surface area contributed by atoms with Crippen LogP contribution in [0.4, 0.5) is 0 Å². The highest BCUT2D eigenvalue weighted by Gasteiger charge is 2.28. The van der Waals surface area contributed by atoms with Crippen molar-refractivity contribution in [2.45, 2.75) is 44.6 Å². The predicted octanol–water partition coefficient (Wildman–Crippen LogP) is 2.26. The molecule has 11 heavy (non-hydrogen) atoms. The molecule has 1 saturated carbocycles. The lowest BCUT2D eigenvalue weighted by atomic mass is 9.98. The molecule has 0 amide bonds. The van der Waals surface area contributed by atoms with Gasteiger partial charge in [0.1, 0.15) is 0 Å². The van der Waals surface area contributed by atoms with Crippen LogP contribution in [0.5, 0.6) is 0 Å². The zero-order valence-corrected chi connectivity index (χ0v) is 6.92. The van der Waals surface area contributed by atoms with Crippen molar-refractivity contribution < 1.29 is 5.11 Å². The summed E-state index contributed by atoms with van der Waals surface area (Å²) in [6.07, 6.45) is 9.65. The van der Waals surface area contributed by atoms with Crippen LogP contribution in [0.25, 0.3) is 0 Å². The Hall–Kier alpha value is -0.300. The number of aliphatic hydroxyl groups is 1. The molecule has 1 fully saturated rings. The molecule has 0 aromatic heterocycles. The average Bonchev–Trinajstić information content (AvgIpc) is 2.25. The summed E-state index contributed by atoms with van der Waals surface area (Å²) in [5, 5.41) is 9.58. The number of rotatable bonds is 0. The predicted molar refractivity (Wildman–Crippen MR) is 45.3 cm³/mol. The summed E-state index contributed by atoms with van der Waals surface area (Å²) < 4.78 is 0. The number of hydrogen-bond acceptors (Lipinski definition) is 1. The first kappa shape index (κ1) is 7.35. The minimum absolute atomic E-state index is 0.0851. The molecule has 0 saturated heterocycles. The van der Waals surface area contributed by atoms with Gasteiger partial charge < -0.3 is 5.11 Å². The van der Waals surface area contributed by atoms with Crippen LogP contribution in [0, 0.1) is 5.92 Å². The third kappa shape index (κ3) is 1.34. The molecule has 1 heteroatoms. The smallest absolute Gasteiger partial charge is 0.0753 e. The monoisotopic (exact) mass is 152 g/mol. The zero-order valence-electron chi connectivity index (χ0n) is 6.92. The Labute approximate surface area is 68.1 Å². The second kappa shape index (κ2) is 2.98. The van der Waals surface area contributed by atoms with Crippen molar-refractivity contribution in [3.63, 3.8) is 0 Å². The normalized spacial score (nSPS) is 37.7. The summed E-state index contributed by atoms with van der Waals surface area (Å²) in [7, 11) is 0. The average molecular weight is 152 g/mol. The topological polar surface area (TPSA) is 20.2 Å². The molecule has 0 radical (unpaired) electrons. The maximum absolute atomic E-state index is 9.58. The van der Waals surface area contributed by atoms with Gasteiger partial charge in [-0.2, -0.15) is 0 Å². The van der Waals surface area contributed by atoms with E-state index in [1.807, 2.05) is 0 Å². The van der Waals surface area contributed by atoms with Crippen LogP contribution in [0.2, 0.25) is 0 Å². The van der Waals surface area contributed by atoms with Crippen molar-refractivity contribution in [2.24, 2.45) is 5.92 Å². The first-order valence-electron chi connectivity index (χ1n) is 4.76. The standard InChI is InChI=1S/C10H16O/c11-10-7-6-8-4-2-1-3-5-9(8)10/h5,8,10-11H,1-4,6-7H2. The summed E-state index contributed by atoms with van der Waals surface area (Å²) in [5.74, 6) is 0.743. The van der Waals surface area contributed by atoms with E-state index in [1.54, 1.807) is 0 Å². The number of fused-ring (bicyclic) bond motifs is 1. The highest BCUT2D eigenvalue weighted by molar-refractivity contribution is 5.17. The molecule has 0 aromatic rings. The Morgan fingerprint density at radius 3 is 3.00 bits per heavy atom. The first-order valence-corrected chi connectivity index (χ1v) is 4.76. The van der Waals surface area contributed by atoms with Crippen molar-refractivity contribution in [1.82, 2.24) is 0 Å². The van der Waals surface area contributed by atoms with E-state index in [2.05, 4.69) is 6.08 Å². The van der Waals surface area contributed by atoms with E-state index in [0.717, 1.165) is 12.3 Å². The third-order valence-electron chi connectivity index (χ3n) is 3.03. The molecule has 2 aliphatic rings. The van der Waals surface area contributed by atoms with E-state index < -0.39 is 0 Å². The van der Waals surface area contributed by atoms with Crippen LogP contribution >= 0.6 is 0 Å². The molecular formula is C10H16O. The third-order valence-corrected chi connectivity index (χ3v) is 3.03. The SMILES string of the molecule is OC1CCC2CCCCC=C12. The molecule has 2 aliphatic carbocycles. The first-order chi connectivity index (χ1) is 5.38. The maximum atomic E-state index is 9.58. The lowest BCUT2D eigenvalue weighted by molar-refractivity contribution is 0.217. The van der Waals surface area contributed by atoms with Gasteiger partial charge in [-0.1, -0.05) is 12.5 Å². The van der Waals surface area contributed by atoms with Crippen molar-refractivity contribution in [2.75, 3.05) is 0 Å². The summed E-state index contributed by atoms with van der Waals surface area (Å²) in [4.78, 5) is 0. The van der Waals surface area contributed by atoms with E-state index in [-0.39, 0.29) is 6.10 Å². The molecule has 0 aromatic carbocycles. The van der Waals surface area contributed by atoms with Crippen LogP contribution in [-0.4, -0.2) is 11.2 Å². The molecule has 1 N–H and O–H groups in total. The Kier molecular flexibility index (Phi) is 1.99. The fourth-order valence-electron chi connectivity index (χ4n) is 2.38. The minimum atomic E-state index is -0.0851. The zero-order chi connectivity index (χ0) is 7.68. The summed E-state index contributed by atoms with van der Waals surface area (Å²) in [5.41, 5.74) is 1.36. The molecule has 0 heterocycles. The van der Waals surface area contributed by atoms with Gasteiger partial charge in [0.05, 0.1) is 6.10 Å². The van der Waals surface area contributed by atoms with E-state index in [0.29, 0.717) is 0 Å². The van der Waals surface area contributed by atoms with Crippen LogP contribution < -0.4 is 0 Å². The molecular weight excluding hydrogens is 136 g/mol. The Bertz CT molecular complexity index is 172. The van der Waals surface area contributed by atoms with Crippen LogP contribution in [0.15, 0.2) is 11.6 Å². The van der Waals surface area contributed by atoms with Gasteiger partial charge in [-0.3, -0.25) is 0 Å². The number of aliphatic hydroxyl groups excluding tert-OH is 1. The van der Waals surface area contributed by atoms with Gasteiger partial charge in [0.25, 0.3) is 0 Å². The van der Waals surface area contributed by atoms with Gasteiger partial charge in [-0.25, -0.2) is 0 Å². The highest BCUT2D eigenvalue weighted by Crippen LogP contribution is 2.37. The quantitative estimate of drug-likeness (QED) is 0.528. The molecule has 0 aliphatic heterocycles. The minimum Gasteiger partial charge on any atom is -0.389 e. The molecule has 2 unspecified atom stereocenters. The molecule has 2 atom stereocenters. The molecule has 62 valence electrons. The van der Waals surface area contributed by atoms with Crippen LogP contribution in [0.3, 0.4) is 0 Å². The lowest BCUT2D eigenvalue weighted by Gasteiger charge is -2.09. The number of allylic oxidation sites excluding steroid dienone is 1. The van der Waals surface area contributed by atoms with Gasteiger partial charge in [0, 0.05) is 0 Å². The van der Waals surface area contributed by atoms with Crippen LogP contribution in [-0.2, 0) is 0 Å². The van der Waals surface area contributed by atoms with Crippen molar-refractivity contribution in [1.29, 1.82) is 0 Å². The highest BCUT2D eigenvalue weighted by atomic mass is 16.3.